The Morgan fingerprint density at radius 2 is 2.09 bits per heavy atom. The van der Waals surface area contributed by atoms with Crippen molar-refractivity contribution in [2.45, 2.75) is 13.8 Å². The fraction of sp³-hybridized carbons (Fsp3) is 0.200. The van der Waals surface area contributed by atoms with Crippen LogP contribution >= 0.6 is 11.3 Å². The van der Waals surface area contributed by atoms with E-state index in [1.807, 2.05) is 6.92 Å². The number of aryl methyl sites for hydroxylation is 1. The van der Waals surface area contributed by atoms with Crippen molar-refractivity contribution in [2.24, 2.45) is 5.10 Å². The number of halogens is 2. The van der Waals surface area contributed by atoms with E-state index in [0.29, 0.717) is 16.3 Å². The number of hydrogen-bond donors (Lipinski definition) is 1. The summed E-state index contributed by atoms with van der Waals surface area (Å²) >= 11 is 1.23. The lowest BCUT2D eigenvalue weighted by molar-refractivity contribution is 0.0607. The number of anilines is 1. The Hall–Kier alpha value is -2.28. The molecule has 2 aromatic rings. The lowest BCUT2D eigenvalue weighted by atomic mass is 10.1. The molecule has 0 aliphatic rings. The Morgan fingerprint density at radius 3 is 2.73 bits per heavy atom. The highest BCUT2D eigenvalue weighted by molar-refractivity contribution is 7.12. The standard InChI is InChI=1S/C15H14F2N2O2S/c1-8-7-22-14(15(20)21-3)13(8)19-18-9(2)11-5-4-10(16)6-12(11)17/h4-7,19H,1-3H3. The van der Waals surface area contributed by atoms with E-state index in [1.54, 1.807) is 12.3 Å². The average Bonchev–Trinajstić information content (AvgIpc) is 2.85. The van der Waals surface area contributed by atoms with Crippen LogP contribution in [0.3, 0.4) is 0 Å². The molecule has 1 heterocycles. The Bertz CT molecular complexity index is 741. The van der Waals surface area contributed by atoms with Crippen LogP contribution in [0.25, 0.3) is 0 Å². The highest BCUT2D eigenvalue weighted by atomic mass is 32.1. The highest BCUT2D eigenvalue weighted by Gasteiger charge is 2.16. The summed E-state index contributed by atoms with van der Waals surface area (Å²) in [5.41, 5.74) is 4.60. The second kappa shape index (κ2) is 6.65. The largest absolute Gasteiger partial charge is 0.465 e. The van der Waals surface area contributed by atoms with Crippen LogP contribution in [0.5, 0.6) is 0 Å². The van der Waals surface area contributed by atoms with Crippen LogP contribution in [0.1, 0.15) is 27.7 Å². The summed E-state index contributed by atoms with van der Waals surface area (Å²) in [6.07, 6.45) is 0. The van der Waals surface area contributed by atoms with Gasteiger partial charge in [-0.15, -0.1) is 11.3 Å². The zero-order chi connectivity index (χ0) is 16.3. The van der Waals surface area contributed by atoms with E-state index in [9.17, 15) is 13.6 Å². The SMILES string of the molecule is COC(=O)c1scc(C)c1NN=C(C)c1ccc(F)cc1F. The van der Waals surface area contributed by atoms with Crippen LogP contribution in [0.2, 0.25) is 0 Å². The minimum Gasteiger partial charge on any atom is -0.465 e. The number of hydrazone groups is 1. The predicted octanol–water partition coefficient (Wildman–Crippen LogP) is 3.96. The quantitative estimate of drug-likeness (QED) is 0.526. The van der Waals surface area contributed by atoms with Crippen LogP contribution < -0.4 is 5.43 Å². The molecular weight excluding hydrogens is 310 g/mol. The molecule has 4 nitrogen and oxygen atoms in total. The summed E-state index contributed by atoms with van der Waals surface area (Å²) in [4.78, 5) is 12.0. The minimum atomic E-state index is -0.696. The number of carbonyl (C=O) groups is 1. The van der Waals surface area contributed by atoms with Gasteiger partial charge in [-0.25, -0.2) is 13.6 Å². The molecule has 1 aromatic heterocycles. The maximum atomic E-state index is 13.7. The number of benzene rings is 1. The lowest BCUT2D eigenvalue weighted by Gasteiger charge is -2.06. The maximum Gasteiger partial charge on any atom is 0.350 e. The number of ether oxygens (including phenoxy) is 1. The molecule has 0 amide bonds. The second-order valence-corrected chi connectivity index (χ2v) is 5.43. The van der Waals surface area contributed by atoms with Crippen LogP contribution in [0.15, 0.2) is 28.7 Å². The molecule has 0 unspecified atom stereocenters. The first kappa shape index (κ1) is 16.1. The van der Waals surface area contributed by atoms with Gasteiger partial charge in [0.15, 0.2) is 0 Å². The fourth-order valence-corrected chi connectivity index (χ4v) is 2.73. The van der Waals surface area contributed by atoms with E-state index < -0.39 is 17.6 Å². The zero-order valence-corrected chi connectivity index (χ0v) is 13.1. The number of methoxy groups -OCH3 is 1. The van der Waals surface area contributed by atoms with Crippen LogP contribution in [-0.2, 0) is 4.74 Å². The zero-order valence-electron chi connectivity index (χ0n) is 12.2. The summed E-state index contributed by atoms with van der Waals surface area (Å²) in [5.74, 6) is -1.82. The number of rotatable bonds is 4. The lowest BCUT2D eigenvalue weighted by Crippen LogP contribution is -2.06. The predicted molar refractivity (Wildman–Crippen MR) is 82.6 cm³/mol. The maximum absolute atomic E-state index is 13.7. The van der Waals surface area contributed by atoms with Gasteiger partial charge in [-0.1, -0.05) is 0 Å². The average molecular weight is 324 g/mol. The van der Waals surface area contributed by atoms with Crippen molar-refractivity contribution in [3.63, 3.8) is 0 Å². The van der Waals surface area contributed by atoms with Gasteiger partial charge in [0.25, 0.3) is 0 Å². The molecule has 0 saturated heterocycles. The van der Waals surface area contributed by atoms with Gasteiger partial charge >= 0.3 is 5.97 Å². The van der Waals surface area contributed by atoms with Crippen molar-refractivity contribution in [1.29, 1.82) is 0 Å². The van der Waals surface area contributed by atoms with Crippen LogP contribution in [0, 0.1) is 18.6 Å². The third kappa shape index (κ3) is 3.30. The molecule has 0 atom stereocenters. The molecule has 0 spiro atoms. The highest BCUT2D eigenvalue weighted by Crippen LogP contribution is 2.28. The molecule has 0 fully saturated rings. The smallest absolute Gasteiger partial charge is 0.350 e. The molecule has 2 rings (SSSR count). The third-order valence-corrected chi connectivity index (χ3v) is 4.08. The third-order valence-electron chi connectivity index (χ3n) is 3.00. The topological polar surface area (TPSA) is 50.7 Å². The molecule has 0 saturated carbocycles. The number of esters is 1. The van der Waals surface area contributed by atoms with Gasteiger partial charge in [-0.05, 0) is 36.9 Å². The van der Waals surface area contributed by atoms with Crippen molar-refractivity contribution >= 4 is 28.7 Å². The molecule has 1 N–H and O–H groups in total. The molecule has 116 valence electrons. The Labute approximate surface area is 130 Å². The second-order valence-electron chi connectivity index (χ2n) is 4.55. The molecular formula is C15H14F2N2O2S. The monoisotopic (exact) mass is 324 g/mol. The van der Waals surface area contributed by atoms with Gasteiger partial charge < -0.3 is 4.74 Å². The first-order valence-electron chi connectivity index (χ1n) is 6.36. The molecule has 0 bridgehead atoms. The molecule has 1 aromatic carbocycles. The Balaban J connectivity index is 2.28. The van der Waals surface area contributed by atoms with E-state index in [1.165, 1.54) is 24.5 Å². The fourth-order valence-electron chi connectivity index (χ4n) is 1.81. The van der Waals surface area contributed by atoms with E-state index >= 15 is 0 Å². The van der Waals surface area contributed by atoms with Gasteiger partial charge in [0.2, 0.25) is 0 Å². The van der Waals surface area contributed by atoms with Gasteiger partial charge in [0, 0.05) is 11.6 Å². The van der Waals surface area contributed by atoms with Gasteiger partial charge in [0.1, 0.15) is 16.5 Å². The summed E-state index contributed by atoms with van der Waals surface area (Å²) in [5, 5.41) is 5.86. The number of hydrogen-bond acceptors (Lipinski definition) is 5. The van der Waals surface area contributed by atoms with E-state index in [4.69, 9.17) is 4.74 Å². The summed E-state index contributed by atoms with van der Waals surface area (Å²) in [7, 11) is 1.30. The first-order valence-corrected chi connectivity index (χ1v) is 7.24. The Kier molecular flexibility index (Phi) is 4.87. The van der Waals surface area contributed by atoms with Crippen molar-refractivity contribution < 1.29 is 18.3 Å². The molecule has 0 radical (unpaired) electrons. The van der Waals surface area contributed by atoms with Gasteiger partial charge in [-0.2, -0.15) is 5.10 Å². The van der Waals surface area contributed by atoms with Crippen molar-refractivity contribution in [2.75, 3.05) is 12.5 Å². The summed E-state index contributed by atoms with van der Waals surface area (Å²) < 4.78 is 31.3. The normalized spacial score (nSPS) is 11.4. The van der Waals surface area contributed by atoms with Gasteiger partial charge in [-0.3, -0.25) is 5.43 Å². The number of nitrogens with zero attached hydrogens (tertiary/aromatic N) is 1. The van der Waals surface area contributed by atoms with Gasteiger partial charge in [0.05, 0.1) is 18.5 Å². The van der Waals surface area contributed by atoms with Crippen molar-refractivity contribution in [3.05, 3.63) is 51.2 Å². The summed E-state index contributed by atoms with van der Waals surface area (Å²) in [6, 6.07) is 3.27. The van der Waals surface area contributed by atoms with Crippen LogP contribution in [-0.4, -0.2) is 18.8 Å². The summed E-state index contributed by atoms with van der Waals surface area (Å²) in [6.45, 7) is 3.40. The molecule has 7 heteroatoms. The molecule has 0 aliphatic heterocycles. The number of nitrogens with one attached hydrogen (secondary N) is 1. The van der Waals surface area contributed by atoms with Crippen molar-refractivity contribution in [1.82, 2.24) is 0 Å². The number of carbonyl (C=O) groups excluding carboxylic acids is 1. The van der Waals surface area contributed by atoms with E-state index in [-0.39, 0.29) is 5.56 Å². The molecule has 0 aliphatic carbocycles. The van der Waals surface area contributed by atoms with Crippen molar-refractivity contribution in [3.8, 4) is 0 Å². The van der Waals surface area contributed by atoms with E-state index in [0.717, 1.165) is 17.7 Å². The first-order chi connectivity index (χ1) is 10.4. The van der Waals surface area contributed by atoms with Crippen LogP contribution in [0.4, 0.5) is 14.5 Å². The number of thiophene rings is 1. The molecule has 22 heavy (non-hydrogen) atoms. The Morgan fingerprint density at radius 1 is 1.36 bits per heavy atom. The minimum absolute atomic E-state index is 0.182. The van der Waals surface area contributed by atoms with E-state index in [2.05, 4.69) is 10.5 Å².